The molecule has 10 heteroatoms. The van der Waals surface area contributed by atoms with Crippen molar-refractivity contribution >= 4 is 17.5 Å². The predicted molar refractivity (Wildman–Crippen MR) is 107 cm³/mol. The standard InChI is InChI=1S/C22H18F3N3O4/c23-22(24,25)15-6-7-19-17(9-15)27-20(29)14(12-31-19)11-26-21(30)18-10-16(32-28-18)8-13-4-2-1-3-5-13/h1-7,9-10,14H,8,11-12H2,(H,26,30)(H,27,29). The van der Waals surface area contributed by atoms with E-state index in [2.05, 4.69) is 15.8 Å². The van der Waals surface area contributed by atoms with Gasteiger partial charge in [0, 0.05) is 19.0 Å². The Morgan fingerprint density at radius 1 is 1.16 bits per heavy atom. The fraction of sp³-hybridized carbons (Fsp3) is 0.227. The zero-order valence-corrected chi connectivity index (χ0v) is 16.6. The van der Waals surface area contributed by atoms with Crippen LogP contribution in [0.5, 0.6) is 5.75 Å². The molecule has 1 unspecified atom stereocenters. The second-order valence-electron chi connectivity index (χ2n) is 7.26. The number of nitrogens with zero attached hydrogens (tertiary/aromatic N) is 1. The number of nitrogens with one attached hydrogen (secondary N) is 2. The van der Waals surface area contributed by atoms with Crippen LogP contribution in [0.3, 0.4) is 0 Å². The maximum Gasteiger partial charge on any atom is 0.416 e. The SMILES string of the molecule is O=C(NCC1COc2ccc(C(F)(F)F)cc2NC1=O)c1cc(Cc2ccccc2)on1. The van der Waals surface area contributed by atoms with E-state index < -0.39 is 29.5 Å². The van der Waals surface area contributed by atoms with Crippen LogP contribution in [0.25, 0.3) is 0 Å². The highest BCUT2D eigenvalue weighted by atomic mass is 19.4. The van der Waals surface area contributed by atoms with Crippen LogP contribution >= 0.6 is 0 Å². The van der Waals surface area contributed by atoms with E-state index in [1.54, 1.807) is 0 Å². The zero-order chi connectivity index (χ0) is 22.7. The van der Waals surface area contributed by atoms with Gasteiger partial charge in [0.15, 0.2) is 5.69 Å². The van der Waals surface area contributed by atoms with Crippen LogP contribution in [-0.2, 0) is 17.4 Å². The quantitative estimate of drug-likeness (QED) is 0.625. The smallest absolute Gasteiger partial charge is 0.416 e. The Morgan fingerprint density at radius 2 is 1.94 bits per heavy atom. The summed E-state index contributed by atoms with van der Waals surface area (Å²) in [6.07, 6.45) is -4.07. The number of hydrogen-bond donors (Lipinski definition) is 2. The lowest BCUT2D eigenvalue weighted by Gasteiger charge is -2.12. The van der Waals surface area contributed by atoms with Gasteiger partial charge < -0.3 is 19.9 Å². The Hall–Kier alpha value is -3.82. The first kappa shape index (κ1) is 21.4. The molecule has 0 aliphatic carbocycles. The molecule has 32 heavy (non-hydrogen) atoms. The first-order chi connectivity index (χ1) is 15.3. The lowest BCUT2D eigenvalue weighted by molar-refractivity contribution is -0.137. The molecule has 2 aromatic carbocycles. The van der Waals surface area contributed by atoms with Crippen molar-refractivity contribution < 1.29 is 32.0 Å². The molecule has 0 spiro atoms. The van der Waals surface area contributed by atoms with Crippen molar-refractivity contribution in [1.29, 1.82) is 0 Å². The van der Waals surface area contributed by atoms with Gasteiger partial charge in [0.05, 0.1) is 17.2 Å². The summed E-state index contributed by atoms with van der Waals surface area (Å²) in [5, 5.41) is 8.77. The summed E-state index contributed by atoms with van der Waals surface area (Å²) >= 11 is 0. The Morgan fingerprint density at radius 3 is 2.69 bits per heavy atom. The van der Waals surface area contributed by atoms with Crippen molar-refractivity contribution in [3.63, 3.8) is 0 Å². The Kier molecular flexibility index (Phi) is 5.85. The number of carbonyl (C=O) groups is 2. The number of fused-ring (bicyclic) bond motifs is 1. The third kappa shape index (κ3) is 4.90. The fourth-order valence-electron chi connectivity index (χ4n) is 3.19. The van der Waals surface area contributed by atoms with E-state index in [9.17, 15) is 22.8 Å². The molecule has 2 heterocycles. The molecule has 166 valence electrons. The molecule has 1 aromatic heterocycles. The number of halogens is 3. The molecule has 1 aliphatic rings. The number of rotatable bonds is 5. The van der Waals surface area contributed by atoms with Crippen LogP contribution in [0.15, 0.2) is 59.1 Å². The van der Waals surface area contributed by atoms with Crippen molar-refractivity contribution in [1.82, 2.24) is 10.5 Å². The first-order valence-electron chi connectivity index (χ1n) is 9.72. The van der Waals surface area contributed by atoms with E-state index in [0.717, 1.165) is 23.8 Å². The number of anilines is 1. The first-order valence-corrected chi connectivity index (χ1v) is 9.72. The number of alkyl halides is 3. The normalized spacial score (nSPS) is 15.8. The fourth-order valence-corrected chi connectivity index (χ4v) is 3.19. The van der Waals surface area contributed by atoms with Crippen molar-refractivity contribution in [2.24, 2.45) is 5.92 Å². The Bertz CT molecular complexity index is 1130. The molecule has 1 aliphatic heterocycles. The van der Waals surface area contributed by atoms with E-state index >= 15 is 0 Å². The van der Waals surface area contributed by atoms with E-state index in [1.807, 2.05) is 30.3 Å². The number of hydrogen-bond acceptors (Lipinski definition) is 5. The molecule has 1 atom stereocenters. The third-order valence-electron chi connectivity index (χ3n) is 4.90. The molecule has 2 amide bonds. The lowest BCUT2D eigenvalue weighted by Crippen LogP contribution is -2.37. The van der Waals surface area contributed by atoms with Crippen molar-refractivity contribution in [3.05, 3.63) is 77.2 Å². The monoisotopic (exact) mass is 445 g/mol. The molecule has 3 aromatic rings. The van der Waals surface area contributed by atoms with Crippen molar-refractivity contribution in [2.75, 3.05) is 18.5 Å². The summed E-state index contributed by atoms with van der Waals surface area (Å²) in [5.41, 5.74) is 0.0880. The number of ether oxygens (including phenoxy) is 1. The maximum atomic E-state index is 12.9. The minimum Gasteiger partial charge on any atom is -0.491 e. The zero-order valence-electron chi connectivity index (χ0n) is 16.6. The predicted octanol–water partition coefficient (Wildman–Crippen LogP) is 3.66. The van der Waals surface area contributed by atoms with E-state index in [0.29, 0.717) is 12.2 Å². The highest BCUT2D eigenvalue weighted by Crippen LogP contribution is 2.36. The average molecular weight is 445 g/mol. The largest absolute Gasteiger partial charge is 0.491 e. The summed E-state index contributed by atoms with van der Waals surface area (Å²) in [6.45, 7) is -0.200. The third-order valence-corrected chi connectivity index (χ3v) is 4.90. The van der Waals surface area contributed by atoms with Gasteiger partial charge in [-0.1, -0.05) is 35.5 Å². The Balaban J connectivity index is 1.36. The van der Waals surface area contributed by atoms with Crippen LogP contribution in [-0.4, -0.2) is 30.1 Å². The highest BCUT2D eigenvalue weighted by Gasteiger charge is 2.33. The van der Waals surface area contributed by atoms with Crippen LogP contribution in [0, 0.1) is 5.92 Å². The molecular weight excluding hydrogens is 427 g/mol. The van der Waals surface area contributed by atoms with Crippen LogP contribution < -0.4 is 15.4 Å². The summed E-state index contributed by atoms with van der Waals surface area (Å²) in [4.78, 5) is 24.8. The topological polar surface area (TPSA) is 93.5 Å². The minimum absolute atomic E-state index is 0.0592. The van der Waals surface area contributed by atoms with Gasteiger partial charge in [0.1, 0.15) is 18.1 Å². The van der Waals surface area contributed by atoms with Crippen LogP contribution in [0.4, 0.5) is 18.9 Å². The van der Waals surface area contributed by atoms with Crippen molar-refractivity contribution in [3.8, 4) is 5.75 Å². The molecule has 2 N–H and O–H groups in total. The molecule has 7 nitrogen and oxygen atoms in total. The summed E-state index contributed by atoms with van der Waals surface area (Å²) in [5.74, 6) is -1.28. The minimum atomic E-state index is -4.55. The molecule has 0 saturated carbocycles. The molecular formula is C22H18F3N3O4. The number of carbonyl (C=O) groups excluding carboxylic acids is 2. The van der Waals surface area contributed by atoms with Gasteiger partial charge in [0.25, 0.3) is 5.91 Å². The van der Waals surface area contributed by atoms with Gasteiger partial charge in [-0.05, 0) is 23.8 Å². The number of aromatic nitrogens is 1. The van der Waals surface area contributed by atoms with E-state index in [4.69, 9.17) is 9.26 Å². The van der Waals surface area contributed by atoms with Gasteiger partial charge in [0.2, 0.25) is 5.91 Å². The van der Waals surface area contributed by atoms with Gasteiger partial charge in [-0.15, -0.1) is 0 Å². The second kappa shape index (κ2) is 8.74. The molecule has 4 rings (SSSR count). The lowest BCUT2D eigenvalue weighted by atomic mass is 10.1. The Labute approximate surface area is 180 Å². The van der Waals surface area contributed by atoms with Crippen LogP contribution in [0.2, 0.25) is 0 Å². The van der Waals surface area contributed by atoms with E-state index in [-0.39, 0.29) is 30.3 Å². The number of amides is 2. The molecule has 0 bridgehead atoms. The van der Waals surface area contributed by atoms with Crippen molar-refractivity contribution in [2.45, 2.75) is 12.6 Å². The van der Waals surface area contributed by atoms with Gasteiger partial charge in [-0.25, -0.2) is 0 Å². The van der Waals surface area contributed by atoms with Gasteiger partial charge in [-0.2, -0.15) is 13.2 Å². The van der Waals surface area contributed by atoms with Gasteiger partial charge >= 0.3 is 6.18 Å². The molecule has 0 radical (unpaired) electrons. The molecule has 0 saturated heterocycles. The summed E-state index contributed by atoms with van der Waals surface area (Å²) < 4.78 is 49.4. The average Bonchev–Trinajstić information content (AvgIpc) is 3.16. The van der Waals surface area contributed by atoms with Gasteiger partial charge in [-0.3, -0.25) is 9.59 Å². The highest BCUT2D eigenvalue weighted by molar-refractivity contribution is 5.96. The summed E-state index contributed by atoms with van der Waals surface area (Å²) in [7, 11) is 0. The summed E-state index contributed by atoms with van der Waals surface area (Å²) in [6, 6.07) is 13.9. The van der Waals surface area contributed by atoms with Crippen LogP contribution in [0.1, 0.15) is 27.4 Å². The number of benzene rings is 2. The second-order valence-corrected chi connectivity index (χ2v) is 7.26. The molecule has 0 fully saturated rings. The maximum absolute atomic E-state index is 12.9. The van der Waals surface area contributed by atoms with E-state index in [1.165, 1.54) is 6.07 Å².